The van der Waals surface area contributed by atoms with Crippen LogP contribution in [0, 0.1) is 5.41 Å². The summed E-state index contributed by atoms with van der Waals surface area (Å²) in [6.07, 6.45) is 5.27. The van der Waals surface area contributed by atoms with Crippen LogP contribution in [0.15, 0.2) is 84.9 Å². The number of nitrogens with zero attached hydrogens (tertiary/aromatic N) is 1. The number of amides is 2. The number of halogens is 1. The third-order valence-electron chi connectivity index (χ3n) is 8.24. The summed E-state index contributed by atoms with van der Waals surface area (Å²) in [4.78, 5) is 39.7. The summed E-state index contributed by atoms with van der Waals surface area (Å²) in [7, 11) is 3.03. The van der Waals surface area contributed by atoms with E-state index in [0.717, 1.165) is 32.7 Å². The third-order valence-corrected chi connectivity index (χ3v) is 8.72. The van der Waals surface area contributed by atoms with Gasteiger partial charge in [-0.15, -0.1) is 0 Å². The fourth-order valence-corrected chi connectivity index (χ4v) is 5.93. The maximum absolute atomic E-state index is 13.5. The number of carbonyl (C=O) groups excluding carboxylic acids is 3. The maximum Gasteiger partial charge on any atom is 0.328 e. The Morgan fingerprint density at radius 1 is 0.918 bits per heavy atom. The number of esters is 1. The lowest BCUT2D eigenvalue weighted by atomic mass is 9.92. The second kappa shape index (κ2) is 17.0. The molecule has 1 heterocycles. The fraction of sp³-hybridized carbons (Fsp3) is 0.297. The molecule has 0 radical (unpaired) electrons. The zero-order chi connectivity index (χ0) is 34.8. The molecule has 1 aliphatic rings. The van der Waals surface area contributed by atoms with Crippen molar-refractivity contribution in [2.75, 3.05) is 33.9 Å². The van der Waals surface area contributed by atoms with Gasteiger partial charge in [-0.3, -0.25) is 18.1 Å². The largest absolute Gasteiger partial charge is 0.489 e. The number of ether oxygens (including phenoxy) is 3. The Bertz CT molecular complexity index is 1860. The van der Waals surface area contributed by atoms with Crippen molar-refractivity contribution >= 4 is 68.2 Å². The summed E-state index contributed by atoms with van der Waals surface area (Å²) in [5.74, 6) is -0.196. The van der Waals surface area contributed by atoms with Crippen LogP contribution in [-0.4, -0.2) is 72.9 Å². The van der Waals surface area contributed by atoms with Gasteiger partial charge >= 0.3 is 5.97 Å². The number of benzene rings is 4. The average Bonchev–Trinajstić information content (AvgIpc) is 3.11. The molecule has 2 amide bonds. The van der Waals surface area contributed by atoms with Crippen molar-refractivity contribution < 1.29 is 28.6 Å². The number of rotatable bonds is 6. The summed E-state index contributed by atoms with van der Waals surface area (Å²) in [6, 6.07) is 21.9. The van der Waals surface area contributed by atoms with Crippen LogP contribution in [0.1, 0.15) is 25.7 Å². The normalized spacial score (nSPS) is 17.6. The Morgan fingerprint density at radius 3 is 2.18 bits per heavy atom. The second-order valence-corrected chi connectivity index (χ2v) is 13.0. The van der Waals surface area contributed by atoms with Crippen LogP contribution in [0.5, 0.6) is 11.5 Å². The molecule has 0 unspecified atom stereocenters. The van der Waals surface area contributed by atoms with Gasteiger partial charge in [-0.05, 0) is 59.4 Å². The van der Waals surface area contributed by atoms with Crippen molar-refractivity contribution in [2.24, 2.45) is 0 Å². The SMILES string of the molecule is COC(=O)[C@@H]1C/C=C/COc2ccc3ccccc3c2-c2c(ccc3ccccc23)OCC(=O)N[C@H](CCCCNC(=N)N(C)I)C(=O)N1. The van der Waals surface area contributed by atoms with Crippen LogP contribution < -0.4 is 25.4 Å². The van der Waals surface area contributed by atoms with Gasteiger partial charge in [0, 0.05) is 24.7 Å². The van der Waals surface area contributed by atoms with Gasteiger partial charge in [0.2, 0.25) is 5.91 Å². The van der Waals surface area contributed by atoms with Gasteiger partial charge < -0.3 is 30.2 Å². The molecular weight excluding hydrogens is 737 g/mol. The Morgan fingerprint density at radius 2 is 1.55 bits per heavy atom. The third kappa shape index (κ3) is 8.99. The Kier molecular flexibility index (Phi) is 12.3. The molecule has 12 heteroatoms. The highest BCUT2D eigenvalue weighted by atomic mass is 127. The predicted octanol–water partition coefficient (Wildman–Crippen LogP) is 5.50. The minimum Gasteiger partial charge on any atom is -0.489 e. The lowest BCUT2D eigenvalue weighted by Gasteiger charge is -2.22. The minimum absolute atomic E-state index is 0.166. The standard InChI is InChI=1S/C37H40IN5O6/c1-43(38)37(39)40-21-9-7-15-28-35(45)42-29(36(46)47-2)16-8-10-22-48-30-19-17-24-11-3-5-13-26(24)33(30)34-27-14-6-4-12-25(27)18-20-31(34)49-23-32(44)41-28/h3-6,8,10-14,17-20,28-29H,7,9,15-16,21-23H2,1-2H3,(H2,39,40)(H,41,44)(H,42,45)/b10-8+/t28-,29+/m1/s1. The molecule has 0 saturated carbocycles. The van der Waals surface area contributed by atoms with E-state index in [4.69, 9.17) is 19.6 Å². The number of nitrogens with one attached hydrogen (secondary N) is 4. The van der Waals surface area contributed by atoms with E-state index < -0.39 is 29.9 Å². The van der Waals surface area contributed by atoms with E-state index in [1.54, 1.807) is 22.3 Å². The Hall–Kier alpha value is -4.85. The lowest BCUT2D eigenvalue weighted by molar-refractivity contribution is -0.145. The van der Waals surface area contributed by atoms with Crippen LogP contribution >= 0.6 is 22.9 Å². The Balaban J connectivity index is 1.50. The Labute approximate surface area is 299 Å². The molecule has 11 nitrogen and oxygen atoms in total. The van der Waals surface area contributed by atoms with E-state index in [1.807, 2.05) is 95.7 Å². The zero-order valence-electron chi connectivity index (χ0n) is 27.5. The lowest BCUT2D eigenvalue weighted by Crippen LogP contribution is -2.52. The van der Waals surface area contributed by atoms with Gasteiger partial charge in [-0.25, -0.2) is 4.79 Å². The number of fused-ring (bicyclic) bond motifs is 7. The molecule has 4 N–H and O–H groups in total. The second-order valence-electron chi connectivity index (χ2n) is 11.6. The van der Waals surface area contributed by atoms with E-state index >= 15 is 0 Å². The van der Waals surface area contributed by atoms with Crippen LogP contribution in [0.3, 0.4) is 0 Å². The molecule has 0 aliphatic carbocycles. The van der Waals surface area contributed by atoms with Gasteiger partial charge in [0.15, 0.2) is 12.6 Å². The van der Waals surface area contributed by atoms with Crippen LogP contribution in [0.2, 0.25) is 0 Å². The van der Waals surface area contributed by atoms with Crippen molar-refractivity contribution in [3.05, 3.63) is 84.9 Å². The molecule has 0 saturated heterocycles. The molecular formula is C37H40IN5O6. The summed E-state index contributed by atoms with van der Waals surface area (Å²) in [6.45, 7) is 0.380. The number of carbonyl (C=O) groups is 3. The zero-order valence-corrected chi connectivity index (χ0v) is 29.6. The summed E-state index contributed by atoms with van der Waals surface area (Å²) in [5, 5.41) is 20.4. The number of unbranched alkanes of at least 4 members (excludes halogenated alkanes) is 1. The van der Waals surface area contributed by atoms with Gasteiger partial charge in [0.05, 0.1) is 30.0 Å². The number of hydrogen-bond acceptors (Lipinski definition) is 7. The molecule has 5 rings (SSSR count). The monoisotopic (exact) mass is 777 g/mol. The first-order valence-corrected chi connectivity index (χ1v) is 17.1. The number of hydrogen-bond donors (Lipinski definition) is 4. The molecule has 49 heavy (non-hydrogen) atoms. The highest BCUT2D eigenvalue weighted by molar-refractivity contribution is 14.1. The molecule has 4 aromatic carbocycles. The van der Waals surface area contributed by atoms with Crippen molar-refractivity contribution in [3.63, 3.8) is 0 Å². The first-order valence-electron chi connectivity index (χ1n) is 16.1. The van der Waals surface area contributed by atoms with Crippen molar-refractivity contribution in [2.45, 2.75) is 37.8 Å². The molecule has 0 fully saturated rings. The quantitative estimate of drug-likeness (QED) is 0.0383. The van der Waals surface area contributed by atoms with Crippen LogP contribution in [0.4, 0.5) is 0 Å². The van der Waals surface area contributed by atoms with Crippen molar-refractivity contribution in [3.8, 4) is 22.6 Å². The van der Waals surface area contributed by atoms with E-state index in [9.17, 15) is 14.4 Å². The molecule has 4 aromatic rings. The summed E-state index contributed by atoms with van der Waals surface area (Å²) in [5.41, 5.74) is 1.63. The molecule has 0 bridgehead atoms. The summed E-state index contributed by atoms with van der Waals surface area (Å²) >= 11 is 2.00. The average molecular weight is 778 g/mol. The maximum atomic E-state index is 13.5. The molecule has 0 aromatic heterocycles. The molecule has 1 aliphatic heterocycles. The van der Waals surface area contributed by atoms with Gasteiger partial charge in [0.25, 0.3) is 5.91 Å². The molecule has 0 spiro atoms. The highest BCUT2D eigenvalue weighted by Crippen LogP contribution is 2.45. The van der Waals surface area contributed by atoms with E-state index in [1.165, 1.54) is 7.11 Å². The smallest absolute Gasteiger partial charge is 0.328 e. The minimum atomic E-state index is -0.965. The van der Waals surface area contributed by atoms with E-state index in [2.05, 4.69) is 16.0 Å². The van der Waals surface area contributed by atoms with E-state index in [0.29, 0.717) is 37.3 Å². The fourth-order valence-electron chi connectivity index (χ4n) is 5.76. The first kappa shape index (κ1) is 35.5. The predicted molar refractivity (Wildman–Crippen MR) is 199 cm³/mol. The van der Waals surface area contributed by atoms with E-state index in [-0.39, 0.29) is 25.6 Å². The van der Waals surface area contributed by atoms with Gasteiger partial charge in [0.1, 0.15) is 30.2 Å². The molecule has 256 valence electrons. The van der Waals surface area contributed by atoms with Crippen LogP contribution in [-0.2, 0) is 19.1 Å². The van der Waals surface area contributed by atoms with Gasteiger partial charge in [-0.2, -0.15) is 0 Å². The molecule has 2 atom stereocenters. The van der Waals surface area contributed by atoms with Gasteiger partial charge in [-0.1, -0.05) is 72.8 Å². The highest BCUT2D eigenvalue weighted by Gasteiger charge is 2.27. The van der Waals surface area contributed by atoms with Crippen molar-refractivity contribution in [1.82, 2.24) is 19.1 Å². The first-order chi connectivity index (χ1) is 23.8. The number of methoxy groups -OCH3 is 1. The van der Waals surface area contributed by atoms with Crippen LogP contribution in [0.25, 0.3) is 32.7 Å². The number of guanidine groups is 1. The van der Waals surface area contributed by atoms with Crippen molar-refractivity contribution in [1.29, 1.82) is 5.41 Å². The summed E-state index contributed by atoms with van der Waals surface area (Å²) < 4.78 is 19.2. The topological polar surface area (TPSA) is 142 Å².